The summed E-state index contributed by atoms with van der Waals surface area (Å²) in [5.74, 6) is 0.782. The molecule has 27 heavy (non-hydrogen) atoms. The molecule has 3 heterocycles. The Morgan fingerprint density at radius 1 is 1.30 bits per heavy atom. The molecule has 1 atom stereocenters. The summed E-state index contributed by atoms with van der Waals surface area (Å²) in [7, 11) is 0. The summed E-state index contributed by atoms with van der Waals surface area (Å²) in [4.78, 5) is 18.7. The zero-order valence-electron chi connectivity index (χ0n) is 14.8. The second kappa shape index (κ2) is 9.26. The van der Waals surface area contributed by atoms with E-state index in [1.807, 2.05) is 23.1 Å². The number of pyridine rings is 1. The van der Waals surface area contributed by atoms with Crippen molar-refractivity contribution >= 4 is 30.7 Å². The molecule has 0 bridgehead atoms. The van der Waals surface area contributed by atoms with E-state index in [1.165, 1.54) is 0 Å². The van der Waals surface area contributed by atoms with Crippen LogP contribution in [0.3, 0.4) is 0 Å². The smallest absolute Gasteiger partial charge is 0.227 e. The van der Waals surface area contributed by atoms with Gasteiger partial charge in [0.2, 0.25) is 5.91 Å². The predicted molar refractivity (Wildman–Crippen MR) is 108 cm³/mol. The summed E-state index contributed by atoms with van der Waals surface area (Å²) in [6, 6.07) is 7.47. The molecular formula is C19H23Cl2N3O3. The van der Waals surface area contributed by atoms with E-state index in [9.17, 15) is 9.90 Å². The van der Waals surface area contributed by atoms with Crippen LogP contribution in [0.25, 0.3) is 11.1 Å². The van der Waals surface area contributed by atoms with Crippen molar-refractivity contribution in [3.05, 3.63) is 42.2 Å². The third-order valence-electron chi connectivity index (χ3n) is 4.83. The number of fused-ring (bicyclic) bond motifs is 1. The first-order valence-electron chi connectivity index (χ1n) is 8.61. The Kier molecular flexibility index (Phi) is 7.30. The SMILES string of the molecule is Cl.Cl.O=C(C1CCNC1)N1CCOc2c(O)cc(-c3cccnc3)cc2C1. The van der Waals surface area contributed by atoms with Crippen molar-refractivity contribution in [2.24, 2.45) is 5.92 Å². The van der Waals surface area contributed by atoms with Crippen molar-refractivity contribution in [2.45, 2.75) is 13.0 Å². The highest BCUT2D eigenvalue weighted by Crippen LogP contribution is 2.37. The molecule has 146 valence electrons. The summed E-state index contributed by atoms with van der Waals surface area (Å²) >= 11 is 0. The van der Waals surface area contributed by atoms with E-state index in [-0.39, 0.29) is 42.4 Å². The zero-order valence-corrected chi connectivity index (χ0v) is 16.4. The summed E-state index contributed by atoms with van der Waals surface area (Å²) < 4.78 is 5.74. The molecule has 2 N–H and O–H groups in total. The normalized spacial score (nSPS) is 18.4. The first kappa shape index (κ1) is 21.3. The largest absolute Gasteiger partial charge is 0.504 e. The van der Waals surface area contributed by atoms with E-state index in [0.717, 1.165) is 36.2 Å². The maximum atomic E-state index is 12.8. The van der Waals surface area contributed by atoms with E-state index >= 15 is 0 Å². The number of phenolic OH excluding ortho intramolecular Hbond substituents is 1. The van der Waals surface area contributed by atoms with Gasteiger partial charge in [0.15, 0.2) is 11.5 Å². The number of aromatic hydroxyl groups is 1. The third-order valence-corrected chi connectivity index (χ3v) is 4.83. The van der Waals surface area contributed by atoms with Gasteiger partial charge in [0, 0.05) is 36.6 Å². The van der Waals surface area contributed by atoms with Crippen LogP contribution in [0.2, 0.25) is 0 Å². The number of rotatable bonds is 2. The summed E-state index contributed by atoms with van der Waals surface area (Å²) in [5, 5.41) is 13.6. The Labute approximate surface area is 170 Å². The van der Waals surface area contributed by atoms with Crippen LogP contribution in [0.15, 0.2) is 36.7 Å². The van der Waals surface area contributed by atoms with Crippen molar-refractivity contribution in [3.63, 3.8) is 0 Å². The lowest BCUT2D eigenvalue weighted by molar-refractivity contribution is -0.135. The maximum absolute atomic E-state index is 12.8. The van der Waals surface area contributed by atoms with Gasteiger partial charge in [0.1, 0.15) is 6.61 Å². The van der Waals surface area contributed by atoms with E-state index < -0.39 is 0 Å². The van der Waals surface area contributed by atoms with Crippen LogP contribution in [-0.4, -0.2) is 47.1 Å². The molecule has 2 aliphatic heterocycles. The number of aromatic nitrogens is 1. The van der Waals surface area contributed by atoms with Crippen LogP contribution in [0.4, 0.5) is 0 Å². The molecule has 0 radical (unpaired) electrons. The zero-order chi connectivity index (χ0) is 17.2. The molecule has 0 saturated carbocycles. The molecule has 8 heteroatoms. The molecule has 2 aliphatic rings. The van der Waals surface area contributed by atoms with Crippen molar-refractivity contribution in [2.75, 3.05) is 26.2 Å². The standard InChI is InChI=1S/C19H21N3O3.2ClH/c23-17-9-15(13-2-1-4-20-10-13)8-16-12-22(6-7-25-18(16)17)19(24)14-3-5-21-11-14;;/h1-2,4,8-10,14,21,23H,3,5-7,11-12H2;2*1H. The van der Waals surface area contributed by atoms with Crippen molar-refractivity contribution in [1.29, 1.82) is 0 Å². The number of carbonyl (C=O) groups excluding carboxylic acids is 1. The predicted octanol–water partition coefficient (Wildman–Crippen LogP) is 2.63. The minimum absolute atomic E-state index is 0. The van der Waals surface area contributed by atoms with Crippen LogP contribution in [0, 0.1) is 5.92 Å². The summed E-state index contributed by atoms with van der Waals surface area (Å²) in [6.45, 7) is 3.00. The van der Waals surface area contributed by atoms with Gasteiger partial charge in [-0.15, -0.1) is 24.8 Å². The molecule has 1 aromatic heterocycles. The van der Waals surface area contributed by atoms with Crippen molar-refractivity contribution in [1.82, 2.24) is 15.2 Å². The quantitative estimate of drug-likeness (QED) is 0.794. The summed E-state index contributed by atoms with van der Waals surface area (Å²) in [6.07, 6.45) is 4.35. The van der Waals surface area contributed by atoms with Gasteiger partial charge in [0.05, 0.1) is 12.5 Å². The van der Waals surface area contributed by atoms with Gasteiger partial charge in [-0.3, -0.25) is 9.78 Å². The maximum Gasteiger partial charge on any atom is 0.227 e. The van der Waals surface area contributed by atoms with Crippen LogP contribution in [0.1, 0.15) is 12.0 Å². The fraction of sp³-hybridized carbons (Fsp3) is 0.368. The highest BCUT2D eigenvalue weighted by Gasteiger charge is 2.29. The lowest BCUT2D eigenvalue weighted by Gasteiger charge is -2.23. The molecular weight excluding hydrogens is 389 g/mol. The van der Waals surface area contributed by atoms with Crippen LogP contribution in [-0.2, 0) is 11.3 Å². The third kappa shape index (κ3) is 4.46. The monoisotopic (exact) mass is 411 g/mol. The minimum Gasteiger partial charge on any atom is -0.504 e. The van der Waals surface area contributed by atoms with Crippen LogP contribution in [0.5, 0.6) is 11.5 Å². The molecule has 1 amide bonds. The molecule has 4 rings (SSSR count). The molecule has 0 aliphatic carbocycles. The molecule has 0 spiro atoms. The first-order valence-corrected chi connectivity index (χ1v) is 8.61. The van der Waals surface area contributed by atoms with E-state index in [1.54, 1.807) is 18.5 Å². The van der Waals surface area contributed by atoms with Gasteiger partial charge < -0.3 is 20.1 Å². The number of benzene rings is 1. The Morgan fingerprint density at radius 3 is 2.85 bits per heavy atom. The molecule has 1 aromatic carbocycles. The number of amides is 1. The van der Waals surface area contributed by atoms with E-state index in [2.05, 4.69) is 10.3 Å². The van der Waals surface area contributed by atoms with Gasteiger partial charge in [0.25, 0.3) is 0 Å². The number of hydrogen-bond acceptors (Lipinski definition) is 5. The Balaban J connectivity index is 0.00000131. The second-order valence-electron chi connectivity index (χ2n) is 6.52. The number of halogens is 2. The first-order chi connectivity index (χ1) is 12.2. The number of carbonyl (C=O) groups is 1. The Morgan fingerprint density at radius 2 is 2.15 bits per heavy atom. The van der Waals surface area contributed by atoms with Gasteiger partial charge >= 0.3 is 0 Å². The van der Waals surface area contributed by atoms with E-state index in [4.69, 9.17) is 4.74 Å². The second-order valence-corrected chi connectivity index (χ2v) is 6.52. The topological polar surface area (TPSA) is 74.7 Å². The highest BCUT2D eigenvalue weighted by molar-refractivity contribution is 5.85. The van der Waals surface area contributed by atoms with Crippen LogP contribution < -0.4 is 10.1 Å². The average Bonchev–Trinajstić information content (AvgIpc) is 3.08. The van der Waals surface area contributed by atoms with Crippen molar-refractivity contribution < 1.29 is 14.6 Å². The van der Waals surface area contributed by atoms with Gasteiger partial charge in [-0.1, -0.05) is 6.07 Å². The number of phenols is 1. The average molecular weight is 412 g/mol. The Bertz CT molecular complexity index is 783. The van der Waals surface area contributed by atoms with Gasteiger partial charge in [-0.05, 0) is 36.7 Å². The molecule has 1 unspecified atom stereocenters. The highest BCUT2D eigenvalue weighted by atomic mass is 35.5. The van der Waals surface area contributed by atoms with E-state index in [0.29, 0.717) is 25.4 Å². The minimum atomic E-state index is 0. The fourth-order valence-corrected chi connectivity index (χ4v) is 3.51. The lowest BCUT2D eigenvalue weighted by atomic mass is 10.0. The number of hydrogen-bond donors (Lipinski definition) is 2. The number of nitrogens with zero attached hydrogens (tertiary/aromatic N) is 2. The summed E-state index contributed by atoms with van der Waals surface area (Å²) in [5.41, 5.74) is 2.61. The molecule has 1 fully saturated rings. The van der Waals surface area contributed by atoms with Crippen molar-refractivity contribution in [3.8, 4) is 22.6 Å². The lowest BCUT2D eigenvalue weighted by Crippen LogP contribution is -2.37. The van der Waals surface area contributed by atoms with Gasteiger partial charge in [-0.2, -0.15) is 0 Å². The number of ether oxygens (including phenoxy) is 1. The molecule has 6 nitrogen and oxygen atoms in total. The molecule has 2 aromatic rings. The fourth-order valence-electron chi connectivity index (χ4n) is 3.51. The van der Waals surface area contributed by atoms with Gasteiger partial charge in [-0.25, -0.2) is 0 Å². The Hall–Kier alpha value is -2.02. The molecule has 1 saturated heterocycles. The van der Waals surface area contributed by atoms with Crippen LogP contribution >= 0.6 is 24.8 Å². The number of nitrogens with one attached hydrogen (secondary N) is 1.